The Morgan fingerprint density at radius 3 is 2.60 bits per heavy atom. The molecule has 0 unspecified atom stereocenters. The van der Waals surface area contributed by atoms with Crippen molar-refractivity contribution in [1.82, 2.24) is 5.32 Å². The van der Waals surface area contributed by atoms with Crippen molar-refractivity contribution in [1.29, 1.82) is 0 Å². The van der Waals surface area contributed by atoms with Gasteiger partial charge in [-0.2, -0.15) is 0 Å². The van der Waals surface area contributed by atoms with Gasteiger partial charge in [0.2, 0.25) is 5.91 Å². The van der Waals surface area contributed by atoms with E-state index in [9.17, 15) is 9.59 Å². The van der Waals surface area contributed by atoms with Crippen LogP contribution in [0.25, 0.3) is 0 Å². The summed E-state index contributed by atoms with van der Waals surface area (Å²) in [6, 6.07) is 9.44. The summed E-state index contributed by atoms with van der Waals surface area (Å²) < 4.78 is 9.95. The van der Waals surface area contributed by atoms with Gasteiger partial charge >= 0.3 is 5.97 Å². The Labute approximate surface area is 119 Å². The van der Waals surface area contributed by atoms with Crippen LogP contribution in [0.3, 0.4) is 0 Å². The molecular formula is C15H21NO4. The topological polar surface area (TPSA) is 64.6 Å². The molecule has 0 fully saturated rings. The standard InChI is InChI=1S/C15H21NO4/c1-19-11-5-10-16-14(17)8-9-15(18)20-12-13-6-3-2-4-7-13/h2-4,6-7H,5,8-12H2,1H3,(H,16,17). The third-order valence-corrected chi connectivity index (χ3v) is 2.65. The summed E-state index contributed by atoms with van der Waals surface area (Å²) >= 11 is 0. The molecule has 5 heteroatoms. The first kappa shape index (κ1) is 16.2. The molecule has 0 saturated carbocycles. The van der Waals surface area contributed by atoms with Crippen molar-refractivity contribution in [3.8, 4) is 0 Å². The van der Waals surface area contributed by atoms with Crippen molar-refractivity contribution in [3.05, 3.63) is 35.9 Å². The molecule has 0 aliphatic rings. The van der Waals surface area contributed by atoms with Crippen LogP contribution in [0.5, 0.6) is 0 Å². The first-order chi connectivity index (χ1) is 9.72. The van der Waals surface area contributed by atoms with E-state index < -0.39 is 0 Å². The zero-order chi connectivity index (χ0) is 14.6. The molecule has 0 heterocycles. The van der Waals surface area contributed by atoms with Gasteiger partial charge in [0.25, 0.3) is 0 Å². The zero-order valence-electron chi connectivity index (χ0n) is 11.8. The molecule has 110 valence electrons. The molecular weight excluding hydrogens is 258 g/mol. The number of carbonyl (C=O) groups is 2. The minimum atomic E-state index is -0.360. The highest BCUT2D eigenvalue weighted by Crippen LogP contribution is 2.02. The number of esters is 1. The molecule has 1 N–H and O–H groups in total. The van der Waals surface area contributed by atoms with Crippen LogP contribution in [-0.4, -0.2) is 32.1 Å². The van der Waals surface area contributed by atoms with Crippen LogP contribution in [0.1, 0.15) is 24.8 Å². The van der Waals surface area contributed by atoms with Crippen LogP contribution in [-0.2, 0) is 25.7 Å². The van der Waals surface area contributed by atoms with E-state index in [1.54, 1.807) is 7.11 Å². The Hall–Kier alpha value is -1.88. The van der Waals surface area contributed by atoms with Crippen molar-refractivity contribution in [2.45, 2.75) is 25.9 Å². The number of benzene rings is 1. The molecule has 1 aromatic rings. The number of ether oxygens (including phenoxy) is 2. The fourth-order valence-corrected chi connectivity index (χ4v) is 1.56. The van der Waals surface area contributed by atoms with E-state index in [2.05, 4.69) is 5.32 Å². The van der Waals surface area contributed by atoms with Crippen LogP contribution in [0.4, 0.5) is 0 Å². The van der Waals surface area contributed by atoms with E-state index >= 15 is 0 Å². The van der Waals surface area contributed by atoms with Gasteiger partial charge in [0, 0.05) is 26.7 Å². The van der Waals surface area contributed by atoms with E-state index in [-0.39, 0.29) is 31.3 Å². The van der Waals surface area contributed by atoms with Crippen LogP contribution in [0.15, 0.2) is 30.3 Å². The maximum absolute atomic E-state index is 11.5. The Bertz CT molecular complexity index is 406. The molecule has 0 saturated heterocycles. The van der Waals surface area contributed by atoms with Crippen LogP contribution < -0.4 is 5.32 Å². The van der Waals surface area contributed by atoms with Crippen molar-refractivity contribution < 1.29 is 19.1 Å². The molecule has 20 heavy (non-hydrogen) atoms. The summed E-state index contributed by atoms with van der Waals surface area (Å²) in [6.07, 6.45) is 1.02. The van der Waals surface area contributed by atoms with Crippen LogP contribution >= 0.6 is 0 Å². The van der Waals surface area contributed by atoms with Gasteiger partial charge in [-0.1, -0.05) is 30.3 Å². The van der Waals surface area contributed by atoms with Crippen LogP contribution in [0.2, 0.25) is 0 Å². The highest BCUT2D eigenvalue weighted by molar-refractivity contribution is 5.81. The van der Waals surface area contributed by atoms with Crippen molar-refractivity contribution >= 4 is 11.9 Å². The molecule has 1 aromatic carbocycles. The SMILES string of the molecule is COCCCNC(=O)CCC(=O)OCc1ccccc1. The fraction of sp³-hybridized carbons (Fsp3) is 0.467. The molecule has 1 rings (SSSR count). The molecule has 0 aromatic heterocycles. The Kier molecular flexibility index (Phi) is 8.07. The van der Waals surface area contributed by atoms with Gasteiger partial charge in [-0.25, -0.2) is 0 Å². The summed E-state index contributed by atoms with van der Waals surface area (Å²) in [5.74, 6) is -0.501. The summed E-state index contributed by atoms with van der Waals surface area (Å²) in [7, 11) is 1.62. The van der Waals surface area contributed by atoms with E-state index in [0.29, 0.717) is 13.2 Å². The smallest absolute Gasteiger partial charge is 0.306 e. The van der Waals surface area contributed by atoms with E-state index in [4.69, 9.17) is 9.47 Å². The summed E-state index contributed by atoms with van der Waals surface area (Å²) in [5, 5.41) is 2.72. The molecule has 0 radical (unpaired) electrons. The average molecular weight is 279 g/mol. The highest BCUT2D eigenvalue weighted by Gasteiger charge is 2.07. The van der Waals surface area contributed by atoms with Gasteiger partial charge in [-0.3, -0.25) is 9.59 Å². The lowest BCUT2D eigenvalue weighted by Gasteiger charge is -2.06. The molecule has 1 amide bonds. The summed E-state index contributed by atoms with van der Waals surface area (Å²) in [4.78, 5) is 22.9. The minimum absolute atomic E-state index is 0.100. The number of hydrogen-bond acceptors (Lipinski definition) is 4. The third-order valence-electron chi connectivity index (χ3n) is 2.65. The molecule has 5 nitrogen and oxygen atoms in total. The van der Waals surface area contributed by atoms with Crippen molar-refractivity contribution in [3.63, 3.8) is 0 Å². The van der Waals surface area contributed by atoms with Gasteiger partial charge < -0.3 is 14.8 Å². The summed E-state index contributed by atoms with van der Waals surface area (Å²) in [5.41, 5.74) is 0.935. The minimum Gasteiger partial charge on any atom is -0.461 e. The number of rotatable bonds is 9. The Morgan fingerprint density at radius 2 is 1.90 bits per heavy atom. The lowest BCUT2D eigenvalue weighted by atomic mass is 10.2. The monoisotopic (exact) mass is 279 g/mol. The van der Waals surface area contributed by atoms with Crippen molar-refractivity contribution in [2.24, 2.45) is 0 Å². The number of hydrogen-bond donors (Lipinski definition) is 1. The maximum Gasteiger partial charge on any atom is 0.306 e. The largest absolute Gasteiger partial charge is 0.461 e. The number of methoxy groups -OCH3 is 1. The van der Waals surface area contributed by atoms with E-state index in [1.165, 1.54) is 0 Å². The Morgan fingerprint density at radius 1 is 1.15 bits per heavy atom. The highest BCUT2D eigenvalue weighted by atomic mass is 16.5. The first-order valence-electron chi connectivity index (χ1n) is 6.67. The summed E-state index contributed by atoms with van der Waals surface area (Å²) in [6.45, 7) is 1.42. The predicted octanol–water partition coefficient (Wildman–Crippen LogP) is 1.66. The van der Waals surface area contributed by atoms with Crippen molar-refractivity contribution in [2.75, 3.05) is 20.3 Å². The van der Waals surface area contributed by atoms with Gasteiger partial charge in [0.05, 0.1) is 6.42 Å². The van der Waals surface area contributed by atoms with Gasteiger partial charge in [-0.15, -0.1) is 0 Å². The second kappa shape index (κ2) is 9.97. The molecule has 0 aliphatic heterocycles. The van der Waals surface area contributed by atoms with Gasteiger partial charge in [0.1, 0.15) is 6.61 Å². The number of nitrogens with one attached hydrogen (secondary N) is 1. The molecule has 0 bridgehead atoms. The van der Waals surface area contributed by atoms with E-state index in [0.717, 1.165) is 12.0 Å². The lowest BCUT2D eigenvalue weighted by molar-refractivity contribution is -0.146. The van der Waals surface area contributed by atoms with E-state index in [1.807, 2.05) is 30.3 Å². The van der Waals surface area contributed by atoms with Gasteiger partial charge in [0.15, 0.2) is 0 Å². The number of amides is 1. The predicted molar refractivity (Wildman–Crippen MR) is 75.0 cm³/mol. The lowest BCUT2D eigenvalue weighted by Crippen LogP contribution is -2.25. The molecule has 0 aliphatic carbocycles. The quantitative estimate of drug-likeness (QED) is 0.551. The number of carbonyl (C=O) groups excluding carboxylic acids is 2. The maximum atomic E-state index is 11.5. The second-order valence-corrected chi connectivity index (χ2v) is 4.34. The normalized spacial score (nSPS) is 10.1. The first-order valence-corrected chi connectivity index (χ1v) is 6.67. The third kappa shape index (κ3) is 7.53. The second-order valence-electron chi connectivity index (χ2n) is 4.34. The zero-order valence-corrected chi connectivity index (χ0v) is 11.8. The fourth-order valence-electron chi connectivity index (χ4n) is 1.56. The average Bonchev–Trinajstić information content (AvgIpc) is 2.48. The Balaban J connectivity index is 2.09. The molecule has 0 spiro atoms. The molecule has 0 atom stereocenters. The van der Waals surface area contributed by atoms with Gasteiger partial charge in [-0.05, 0) is 12.0 Å². The van der Waals surface area contributed by atoms with Crippen LogP contribution in [0, 0.1) is 0 Å².